The van der Waals surface area contributed by atoms with Crippen LogP contribution < -0.4 is 16.7 Å². The summed E-state index contributed by atoms with van der Waals surface area (Å²) >= 11 is 0. The van der Waals surface area contributed by atoms with E-state index in [2.05, 4.69) is 55.6 Å². The Kier molecular flexibility index (Phi) is 9.92. The SMILES string of the molecule is CC(C)(C)CC(=O)N1CC2[C@H](C1)C2(C)C.Cn1cc(CC(C#N)NC=O)[nH]c1=O.NC(=O)C(F)(F)F. The molecule has 1 aromatic heterocycles. The monoisotopic (exact) mass is 516 g/mol. The molecule has 0 aromatic carbocycles. The van der Waals surface area contributed by atoms with Gasteiger partial charge in [-0.1, -0.05) is 34.6 Å². The number of aromatic nitrogens is 2. The van der Waals surface area contributed by atoms with Gasteiger partial charge in [0.2, 0.25) is 12.3 Å². The molecule has 3 rings (SSSR count). The molecule has 1 aromatic rings. The number of amides is 3. The van der Waals surface area contributed by atoms with Gasteiger partial charge in [-0.25, -0.2) is 4.79 Å². The first-order chi connectivity index (χ1) is 16.3. The molecule has 2 unspecified atom stereocenters. The van der Waals surface area contributed by atoms with Gasteiger partial charge in [0.25, 0.3) is 0 Å². The molecule has 1 saturated heterocycles. The summed E-state index contributed by atoms with van der Waals surface area (Å²) in [5, 5.41) is 11.0. The van der Waals surface area contributed by atoms with E-state index in [9.17, 15) is 27.6 Å². The first kappa shape index (κ1) is 30.7. The lowest BCUT2D eigenvalue weighted by Gasteiger charge is -2.26. The zero-order chi connectivity index (χ0) is 28.1. The van der Waals surface area contributed by atoms with Crippen molar-refractivity contribution in [1.82, 2.24) is 19.8 Å². The minimum Gasteiger partial charge on any atom is -0.362 e. The third-order valence-electron chi connectivity index (χ3n) is 6.22. The van der Waals surface area contributed by atoms with Crippen LogP contribution in [0.3, 0.4) is 0 Å². The molecule has 2 heterocycles. The molecule has 2 fully saturated rings. The Morgan fingerprint density at radius 1 is 1.31 bits per heavy atom. The molecule has 3 amide bonds. The van der Waals surface area contributed by atoms with Crippen molar-refractivity contribution in [3.8, 4) is 6.07 Å². The topological polar surface area (TPSA) is 154 Å². The van der Waals surface area contributed by atoms with Crippen molar-refractivity contribution in [2.24, 2.45) is 35.4 Å². The predicted molar refractivity (Wildman–Crippen MR) is 125 cm³/mol. The van der Waals surface area contributed by atoms with Crippen molar-refractivity contribution < 1.29 is 27.6 Å². The fraction of sp³-hybridized carbons (Fsp3) is 0.696. The van der Waals surface area contributed by atoms with Gasteiger partial charge in [0, 0.05) is 44.9 Å². The second-order valence-corrected chi connectivity index (χ2v) is 10.8. The van der Waals surface area contributed by atoms with Crippen LogP contribution in [0.1, 0.15) is 46.7 Å². The summed E-state index contributed by atoms with van der Waals surface area (Å²) in [6.45, 7) is 13.1. The number of primary amides is 1. The maximum atomic E-state index is 12.0. The normalized spacial score (nSPS) is 20.4. The zero-order valence-electron chi connectivity index (χ0n) is 21.4. The van der Waals surface area contributed by atoms with E-state index in [-0.39, 0.29) is 11.1 Å². The van der Waals surface area contributed by atoms with Crippen LogP contribution in [0.25, 0.3) is 0 Å². The third-order valence-corrected chi connectivity index (χ3v) is 6.22. The van der Waals surface area contributed by atoms with Gasteiger partial charge in [-0.3, -0.25) is 14.4 Å². The summed E-state index contributed by atoms with van der Waals surface area (Å²) in [4.78, 5) is 46.8. The number of carbonyl (C=O) groups is 3. The quantitative estimate of drug-likeness (QED) is 0.506. The highest BCUT2D eigenvalue weighted by Crippen LogP contribution is 2.62. The Balaban J connectivity index is 0.000000289. The number of hydrogen-bond acceptors (Lipinski definition) is 5. The second kappa shape index (κ2) is 11.6. The molecule has 202 valence electrons. The number of H-pyrrole nitrogens is 1. The summed E-state index contributed by atoms with van der Waals surface area (Å²) in [7, 11) is 1.61. The van der Waals surface area contributed by atoms with Gasteiger partial charge >= 0.3 is 17.8 Å². The van der Waals surface area contributed by atoms with Crippen LogP contribution in [-0.4, -0.2) is 58.0 Å². The number of nitriles is 1. The molecule has 3 atom stereocenters. The van der Waals surface area contributed by atoms with Crippen LogP contribution in [0.5, 0.6) is 0 Å². The summed E-state index contributed by atoms with van der Waals surface area (Å²) in [6.07, 6.45) is -1.81. The van der Waals surface area contributed by atoms with E-state index < -0.39 is 18.1 Å². The fourth-order valence-corrected chi connectivity index (χ4v) is 4.00. The van der Waals surface area contributed by atoms with Crippen LogP contribution in [0.15, 0.2) is 11.0 Å². The largest absolute Gasteiger partial charge is 0.470 e. The highest BCUT2D eigenvalue weighted by molar-refractivity contribution is 5.79. The van der Waals surface area contributed by atoms with Crippen molar-refractivity contribution in [1.29, 1.82) is 5.26 Å². The van der Waals surface area contributed by atoms with E-state index in [1.54, 1.807) is 13.2 Å². The van der Waals surface area contributed by atoms with Crippen molar-refractivity contribution in [3.05, 3.63) is 22.4 Å². The van der Waals surface area contributed by atoms with E-state index in [1.807, 2.05) is 6.07 Å². The molecule has 1 saturated carbocycles. The number of carbonyl (C=O) groups excluding carboxylic acids is 3. The van der Waals surface area contributed by atoms with Gasteiger partial charge in [-0.2, -0.15) is 18.4 Å². The number of nitrogens with two attached hydrogens (primary N) is 1. The van der Waals surface area contributed by atoms with Crippen LogP contribution in [0.2, 0.25) is 0 Å². The number of nitrogens with zero attached hydrogens (tertiary/aromatic N) is 3. The number of alkyl halides is 3. The van der Waals surface area contributed by atoms with Crippen LogP contribution >= 0.6 is 0 Å². The maximum Gasteiger partial charge on any atom is 0.470 e. The minimum absolute atomic E-state index is 0.124. The number of piperidine rings is 1. The molecule has 13 heteroatoms. The van der Waals surface area contributed by atoms with E-state index in [1.165, 1.54) is 4.57 Å². The number of aryl methyl sites for hydroxylation is 1. The number of rotatable bonds is 5. The molecule has 0 bridgehead atoms. The van der Waals surface area contributed by atoms with Crippen LogP contribution in [0, 0.1) is 34.0 Å². The zero-order valence-corrected chi connectivity index (χ0v) is 21.4. The number of imidazole rings is 1. The Morgan fingerprint density at radius 2 is 1.81 bits per heavy atom. The van der Waals surface area contributed by atoms with Crippen molar-refractivity contribution >= 4 is 18.2 Å². The Labute approximate surface area is 208 Å². The predicted octanol–water partition coefficient (Wildman–Crippen LogP) is 1.47. The first-order valence-electron chi connectivity index (χ1n) is 11.3. The van der Waals surface area contributed by atoms with E-state index in [4.69, 9.17) is 10.1 Å². The highest BCUT2D eigenvalue weighted by atomic mass is 19.4. The van der Waals surface area contributed by atoms with Crippen LogP contribution in [-0.2, 0) is 27.9 Å². The fourth-order valence-electron chi connectivity index (χ4n) is 4.00. The molecule has 36 heavy (non-hydrogen) atoms. The number of hydrogen-bond donors (Lipinski definition) is 3. The van der Waals surface area contributed by atoms with E-state index in [0.29, 0.717) is 36.3 Å². The maximum absolute atomic E-state index is 12.0. The number of halogens is 3. The van der Waals surface area contributed by atoms with E-state index >= 15 is 0 Å². The highest BCUT2D eigenvalue weighted by Gasteiger charge is 2.62. The number of likely N-dealkylation sites (tertiary alicyclic amines) is 1. The first-order valence-corrected chi connectivity index (χ1v) is 11.3. The molecule has 1 aliphatic carbocycles. The summed E-state index contributed by atoms with van der Waals surface area (Å²) < 4.78 is 33.5. The van der Waals surface area contributed by atoms with E-state index in [0.717, 1.165) is 24.9 Å². The standard InChI is InChI=1S/C13H23NO.C8H10N4O2.C2H2F3NO/c1-12(2,3)6-11(15)14-7-9-10(8-14)13(9,4)5;1-12-4-7(11-8(12)14)2-6(3-9)10-5-13;3-2(4,5)1(6)7/h9-10H,6-8H2,1-5H3;4-6H,2H2,1H3,(H,10,13)(H,11,14);(H2,6,7)/t9-,10?;;/m0../s1. The molecule has 4 N–H and O–H groups in total. The van der Waals surface area contributed by atoms with Crippen molar-refractivity contribution in [2.45, 2.75) is 59.7 Å². The molecule has 0 spiro atoms. The van der Waals surface area contributed by atoms with Crippen molar-refractivity contribution in [3.63, 3.8) is 0 Å². The number of nitrogens with one attached hydrogen (secondary N) is 2. The smallest absolute Gasteiger partial charge is 0.362 e. The van der Waals surface area contributed by atoms with Gasteiger partial charge in [0.15, 0.2) is 0 Å². The Morgan fingerprint density at radius 3 is 2.14 bits per heavy atom. The molecular formula is C23H35F3N6O4. The molecule has 1 aliphatic heterocycles. The molecular weight excluding hydrogens is 481 g/mol. The lowest BCUT2D eigenvalue weighted by molar-refractivity contribution is -0.169. The van der Waals surface area contributed by atoms with Crippen LogP contribution in [0.4, 0.5) is 13.2 Å². The van der Waals surface area contributed by atoms with Gasteiger partial charge in [-0.05, 0) is 22.7 Å². The number of aromatic amines is 1. The summed E-state index contributed by atoms with van der Waals surface area (Å²) in [6, 6.07) is 1.30. The number of fused-ring (bicyclic) bond motifs is 1. The summed E-state index contributed by atoms with van der Waals surface area (Å²) in [5.41, 5.74) is 4.83. The van der Waals surface area contributed by atoms with Gasteiger partial charge in [-0.15, -0.1) is 0 Å². The lowest BCUT2D eigenvalue weighted by Crippen LogP contribution is -2.35. The third kappa shape index (κ3) is 9.05. The minimum atomic E-state index is -4.86. The molecule has 2 aliphatic rings. The van der Waals surface area contributed by atoms with Gasteiger partial charge in [0.1, 0.15) is 6.04 Å². The Bertz CT molecular complexity index is 1020. The molecule has 10 nitrogen and oxygen atoms in total. The average Bonchev–Trinajstić information content (AvgIpc) is 3.08. The Hall–Kier alpha value is -3.30. The molecule has 0 radical (unpaired) electrons. The van der Waals surface area contributed by atoms with Crippen molar-refractivity contribution in [2.75, 3.05) is 13.1 Å². The van der Waals surface area contributed by atoms with Gasteiger partial charge in [0.05, 0.1) is 6.07 Å². The second-order valence-electron chi connectivity index (χ2n) is 10.8. The average molecular weight is 517 g/mol. The summed E-state index contributed by atoms with van der Waals surface area (Å²) in [5.74, 6) is -0.346. The van der Waals surface area contributed by atoms with Gasteiger partial charge < -0.3 is 25.5 Å². The lowest BCUT2D eigenvalue weighted by atomic mass is 9.91.